The number of anilines is 2. The lowest BCUT2D eigenvalue weighted by atomic mass is 9.72. The molecule has 0 saturated heterocycles. The first-order chi connectivity index (χ1) is 13.7. The number of hydrogen-bond donors (Lipinski definition) is 2. The van der Waals surface area contributed by atoms with Gasteiger partial charge in [-0.15, -0.1) is 11.3 Å². The quantitative estimate of drug-likeness (QED) is 0.627. The summed E-state index contributed by atoms with van der Waals surface area (Å²) in [6.45, 7) is 10.8. The molecule has 1 aromatic heterocycles. The van der Waals surface area contributed by atoms with Crippen molar-refractivity contribution in [3.8, 4) is 0 Å². The molecule has 0 bridgehead atoms. The first-order valence-electron chi connectivity index (χ1n) is 10.6. The molecule has 29 heavy (non-hydrogen) atoms. The highest BCUT2D eigenvalue weighted by Gasteiger charge is 2.34. The monoisotopic (exact) mass is 412 g/mol. The lowest BCUT2D eigenvalue weighted by Crippen LogP contribution is -2.27. The Hall–Kier alpha value is -2.14. The standard InChI is InChI=1S/C24H32N2O2S/c1-6-15-10-8-9-11-18(15)25-22(28)21-17-13-12-16(24(3,4)5)14-19(17)29-23(21)26-20(27)7-2/h8-11,16H,6-7,12-14H2,1-5H3,(H,25,28)(H,26,27). The molecule has 1 heterocycles. The fourth-order valence-electron chi connectivity index (χ4n) is 4.00. The third kappa shape index (κ3) is 4.72. The number of thiophene rings is 1. The van der Waals surface area contributed by atoms with Gasteiger partial charge in [0.15, 0.2) is 0 Å². The van der Waals surface area contributed by atoms with Crippen LogP contribution in [0.15, 0.2) is 24.3 Å². The minimum absolute atomic E-state index is 0.0565. The summed E-state index contributed by atoms with van der Waals surface area (Å²) in [5.74, 6) is 0.406. The van der Waals surface area contributed by atoms with Gasteiger partial charge < -0.3 is 10.6 Å². The van der Waals surface area contributed by atoms with Crippen LogP contribution in [0.5, 0.6) is 0 Å². The number of carbonyl (C=O) groups excluding carboxylic acids is 2. The molecule has 2 amide bonds. The van der Waals surface area contributed by atoms with E-state index in [1.54, 1.807) is 11.3 Å². The number of aryl methyl sites for hydroxylation is 1. The molecule has 1 atom stereocenters. The average Bonchev–Trinajstić information content (AvgIpc) is 3.04. The molecule has 1 aliphatic carbocycles. The van der Waals surface area contributed by atoms with E-state index in [1.165, 1.54) is 4.88 Å². The van der Waals surface area contributed by atoms with Gasteiger partial charge in [-0.2, -0.15) is 0 Å². The number of carbonyl (C=O) groups is 2. The minimum atomic E-state index is -0.121. The molecule has 4 nitrogen and oxygen atoms in total. The van der Waals surface area contributed by atoms with Gasteiger partial charge in [-0.3, -0.25) is 9.59 Å². The summed E-state index contributed by atoms with van der Waals surface area (Å²) in [5.41, 5.74) is 3.96. The van der Waals surface area contributed by atoms with Gasteiger partial charge in [0.05, 0.1) is 5.56 Å². The molecule has 1 aromatic carbocycles. The van der Waals surface area contributed by atoms with Crippen molar-refractivity contribution in [2.75, 3.05) is 10.6 Å². The zero-order chi connectivity index (χ0) is 21.2. The van der Waals surface area contributed by atoms with Crippen molar-refractivity contribution >= 4 is 33.8 Å². The number of hydrogen-bond acceptors (Lipinski definition) is 3. The molecule has 3 rings (SSSR count). The molecule has 1 unspecified atom stereocenters. The van der Waals surface area contributed by atoms with Crippen molar-refractivity contribution < 1.29 is 9.59 Å². The highest BCUT2D eigenvalue weighted by Crippen LogP contribution is 2.44. The molecule has 2 N–H and O–H groups in total. The predicted molar refractivity (Wildman–Crippen MR) is 122 cm³/mol. The Morgan fingerprint density at radius 3 is 2.52 bits per heavy atom. The van der Waals surface area contributed by atoms with Gasteiger partial charge in [0, 0.05) is 17.0 Å². The Labute approximate surface area is 178 Å². The largest absolute Gasteiger partial charge is 0.322 e. The van der Waals surface area contributed by atoms with E-state index in [4.69, 9.17) is 0 Å². The molecule has 0 fully saturated rings. The van der Waals surface area contributed by atoms with Gasteiger partial charge in [0.2, 0.25) is 5.91 Å². The molecule has 156 valence electrons. The zero-order valence-electron chi connectivity index (χ0n) is 18.1. The van der Waals surface area contributed by atoms with Crippen LogP contribution in [0.25, 0.3) is 0 Å². The fraction of sp³-hybridized carbons (Fsp3) is 0.500. The van der Waals surface area contributed by atoms with Crippen LogP contribution >= 0.6 is 11.3 Å². The number of nitrogens with one attached hydrogen (secondary N) is 2. The average molecular weight is 413 g/mol. The van der Waals surface area contributed by atoms with Crippen LogP contribution in [0.3, 0.4) is 0 Å². The van der Waals surface area contributed by atoms with Crippen molar-refractivity contribution in [2.45, 2.75) is 66.7 Å². The maximum absolute atomic E-state index is 13.3. The predicted octanol–water partition coefficient (Wildman–Crippen LogP) is 6.06. The van der Waals surface area contributed by atoms with Crippen molar-refractivity contribution in [1.29, 1.82) is 0 Å². The maximum atomic E-state index is 13.3. The van der Waals surface area contributed by atoms with Crippen LogP contribution in [-0.4, -0.2) is 11.8 Å². The van der Waals surface area contributed by atoms with Gasteiger partial charge in [-0.05, 0) is 54.2 Å². The zero-order valence-corrected chi connectivity index (χ0v) is 19.0. The summed E-state index contributed by atoms with van der Waals surface area (Å²) in [6.07, 6.45) is 4.17. The Morgan fingerprint density at radius 1 is 1.14 bits per heavy atom. The molecular weight excluding hydrogens is 380 g/mol. The first-order valence-corrected chi connectivity index (χ1v) is 11.4. The van der Waals surface area contributed by atoms with Gasteiger partial charge in [0.25, 0.3) is 5.91 Å². The summed E-state index contributed by atoms with van der Waals surface area (Å²) in [6, 6.07) is 7.90. The van der Waals surface area contributed by atoms with Crippen LogP contribution in [-0.2, 0) is 24.1 Å². The van der Waals surface area contributed by atoms with Gasteiger partial charge >= 0.3 is 0 Å². The summed E-state index contributed by atoms with van der Waals surface area (Å²) in [7, 11) is 0. The lowest BCUT2D eigenvalue weighted by Gasteiger charge is -2.33. The van der Waals surface area contributed by atoms with Crippen molar-refractivity contribution in [1.82, 2.24) is 0 Å². The van der Waals surface area contributed by atoms with Crippen LogP contribution < -0.4 is 10.6 Å². The number of rotatable bonds is 5. The first kappa shape index (κ1) is 21.6. The van der Waals surface area contributed by atoms with Crippen molar-refractivity contribution in [3.05, 3.63) is 45.8 Å². The van der Waals surface area contributed by atoms with E-state index in [1.807, 2.05) is 31.2 Å². The lowest BCUT2D eigenvalue weighted by molar-refractivity contribution is -0.115. The minimum Gasteiger partial charge on any atom is -0.322 e. The van der Waals surface area contributed by atoms with Gasteiger partial charge in [0.1, 0.15) is 5.00 Å². The summed E-state index contributed by atoms with van der Waals surface area (Å²) >= 11 is 1.58. The molecule has 0 aliphatic heterocycles. The molecule has 0 spiro atoms. The Bertz CT molecular complexity index is 908. The number of amides is 2. The second kappa shape index (κ2) is 8.70. The van der Waals surface area contributed by atoms with E-state index in [0.717, 1.165) is 42.5 Å². The number of para-hydroxylation sites is 1. The Morgan fingerprint density at radius 2 is 1.86 bits per heavy atom. The number of benzene rings is 1. The van der Waals surface area contributed by atoms with Crippen LogP contribution in [0.4, 0.5) is 10.7 Å². The Kier molecular flexibility index (Phi) is 6.47. The van der Waals surface area contributed by atoms with E-state index in [2.05, 4.69) is 38.3 Å². The van der Waals surface area contributed by atoms with Gasteiger partial charge in [-0.25, -0.2) is 0 Å². The van der Waals surface area contributed by atoms with Crippen molar-refractivity contribution in [2.24, 2.45) is 11.3 Å². The summed E-state index contributed by atoms with van der Waals surface area (Å²) in [4.78, 5) is 26.7. The molecule has 1 aliphatic rings. The maximum Gasteiger partial charge on any atom is 0.258 e. The van der Waals surface area contributed by atoms with Gasteiger partial charge in [-0.1, -0.05) is 52.8 Å². The van der Waals surface area contributed by atoms with Crippen LogP contribution in [0.1, 0.15) is 73.8 Å². The number of fused-ring (bicyclic) bond motifs is 1. The van der Waals surface area contributed by atoms with E-state index >= 15 is 0 Å². The van der Waals surface area contributed by atoms with E-state index in [0.29, 0.717) is 22.9 Å². The molecular formula is C24H32N2O2S. The molecule has 2 aromatic rings. The summed E-state index contributed by atoms with van der Waals surface area (Å²) in [5, 5.41) is 6.79. The highest BCUT2D eigenvalue weighted by atomic mass is 32.1. The summed E-state index contributed by atoms with van der Waals surface area (Å²) < 4.78 is 0. The highest BCUT2D eigenvalue weighted by molar-refractivity contribution is 7.17. The SMILES string of the molecule is CCC(=O)Nc1sc2c(c1C(=O)Nc1ccccc1CC)CCC(C(C)(C)C)C2. The molecule has 5 heteroatoms. The Balaban J connectivity index is 1.97. The van der Waals surface area contributed by atoms with Crippen molar-refractivity contribution in [3.63, 3.8) is 0 Å². The normalized spacial score (nSPS) is 16.2. The van der Waals surface area contributed by atoms with Crippen LogP contribution in [0, 0.1) is 11.3 Å². The topological polar surface area (TPSA) is 58.2 Å². The third-order valence-electron chi connectivity index (χ3n) is 5.94. The van der Waals surface area contributed by atoms with E-state index in [9.17, 15) is 9.59 Å². The second-order valence-electron chi connectivity index (χ2n) is 8.88. The molecule has 0 radical (unpaired) electrons. The molecule has 0 saturated carbocycles. The third-order valence-corrected chi connectivity index (χ3v) is 7.11. The van der Waals surface area contributed by atoms with E-state index < -0.39 is 0 Å². The smallest absolute Gasteiger partial charge is 0.258 e. The second-order valence-corrected chi connectivity index (χ2v) is 9.99. The fourth-order valence-corrected chi connectivity index (χ4v) is 5.34. The van der Waals surface area contributed by atoms with Crippen LogP contribution in [0.2, 0.25) is 0 Å². The van der Waals surface area contributed by atoms with E-state index in [-0.39, 0.29) is 17.2 Å².